The molecule has 2 aromatic rings. The first-order valence-corrected chi connectivity index (χ1v) is 10.4. The highest BCUT2D eigenvalue weighted by molar-refractivity contribution is 5.63. The van der Waals surface area contributed by atoms with E-state index in [2.05, 4.69) is 39.3 Å². The first-order valence-electron chi connectivity index (χ1n) is 10.4. The molecule has 4 N–H and O–H groups in total. The predicted octanol–water partition coefficient (Wildman–Crippen LogP) is 4.35. The molecule has 1 saturated heterocycles. The summed E-state index contributed by atoms with van der Waals surface area (Å²) in [6, 6.07) is 6.12. The van der Waals surface area contributed by atoms with Gasteiger partial charge in [0.2, 0.25) is 5.95 Å². The molecule has 3 rings (SSSR count). The fourth-order valence-electron chi connectivity index (χ4n) is 3.73. The zero-order chi connectivity index (χ0) is 21.7. The van der Waals surface area contributed by atoms with E-state index < -0.39 is 11.7 Å². The SMILES string of the molecule is CCCc1cc(N2CCC[C@@H](NCC)C2)nc(Nc2ccc(N)c(C(F)(F)F)c2)n1. The van der Waals surface area contributed by atoms with Gasteiger partial charge in [-0.05, 0) is 44.0 Å². The molecule has 1 atom stereocenters. The molecule has 0 aliphatic carbocycles. The van der Waals surface area contributed by atoms with Gasteiger partial charge in [0, 0.05) is 42.3 Å². The topological polar surface area (TPSA) is 79.1 Å². The molecule has 0 saturated carbocycles. The number of hydrogen-bond donors (Lipinski definition) is 3. The lowest BCUT2D eigenvalue weighted by atomic mass is 10.1. The monoisotopic (exact) mass is 422 g/mol. The standard InChI is InChI=1S/C21H29F3N6/c1-3-6-14-12-19(30-10-5-7-16(13-30)26-4-2)29-20(27-14)28-15-8-9-18(25)17(11-15)21(22,23)24/h8-9,11-12,16,26H,3-7,10,13,25H2,1-2H3,(H,27,28,29)/t16-/m1/s1. The summed E-state index contributed by atoms with van der Waals surface area (Å²) >= 11 is 0. The summed E-state index contributed by atoms with van der Waals surface area (Å²) in [5.74, 6) is 1.09. The van der Waals surface area contributed by atoms with Gasteiger partial charge < -0.3 is 21.3 Å². The first-order chi connectivity index (χ1) is 14.3. The van der Waals surface area contributed by atoms with Crippen molar-refractivity contribution in [2.75, 3.05) is 35.6 Å². The third-order valence-electron chi connectivity index (χ3n) is 5.12. The molecule has 0 unspecified atom stereocenters. The maximum Gasteiger partial charge on any atom is 0.418 e. The number of nitrogen functional groups attached to an aromatic ring is 1. The number of aryl methyl sites for hydroxylation is 1. The van der Waals surface area contributed by atoms with E-state index >= 15 is 0 Å². The van der Waals surface area contributed by atoms with Gasteiger partial charge in [-0.15, -0.1) is 0 Å². The van der Waals surface area contributed by atoms with Crippen LogP contribution in [0, 0.1) is 0 Å². The second-order valence-electron chi connectivity index (χ2n) is 7.56. The van der Waals surface area contributed by atoms with Crippen LogP contribution in [0.2, 0.25) is 0 Å². The lowest BCUT2D eigenvalue weighted by Crippen LogP contribution is -2.46. The van der Waals surface area contributed by atoms with E-state index in [4.69, 9.17) is 5.73 Å². The molecular weight excluding hydrogens is 393 g/mol. The Bertz CT molecular complexity index is 853. The maximum absolute atomic E-state index is 13.2. The fourth-order valence-corrected chi connectivity index (χ4v) is 3.73. The van der Waals surface area contributed by atoms with Crippen LogP contribution in [0.5, 0.6) is 0 Å². The molecule has 164 valence electrons. The van der Waals surface area contributed by atoms with E-state index in [1.54, 1.807) is 0 Å². The minimum absolute atomic E-state index is 0.250. The van der Waals surface area contributed by atoms with Gasteiger partial charge in [0.15, 0.2) is 0 Å². The van der Waals surface area contributed by atoms with Crippen molar-refractivity contribution in [2.45, 2.75) is 51.7 Å². The molecule has 1 aromatic heterocycles. The summed E-state index contributed by atoms with van der Waals surface area (Å²) in [6.45, 7) is 6.80. The highest BCUT2D eigenvalue weighted by atomic mass is 19.4. The number of alkyl halides is 3. The third kappa shape index (κ3) is 5.53. The van der Waals surface area contributed by atoms with Crippen molar-refractivity contribution in [3.05, 3.63) is 35.5 Å². The Kier molecular flexibility index (Phi) is 7.02. The molecule has 1 fully saturated rings. The molecule has 2 heterocycles. The number of halogens is 3. The highest BCUT2D eigenvalue weighted by Gasteiger charge is 2.33. The molecule has 0 bridgehead atoms. The van der Waals surface area contributed by atoms with Crippen LogP contribution in [0.25, 0.3) is 0 Å². The summed E-state index contributed by atoms with van der Waals surface area (Å²) in [5.41, 5.74) is 5.43. The van der Waals surface area contributed by atoms with Crippen LogP contribution < -0.4 is 21.3 Å². The Morgan fingerprint density at radius 2 is 2.00 bits per heavy atom. The number of likely N-dealkylation sites (N-methyl/N-ethyl adjacent to an activating group) is 1. The minimum Gasteiger partial charge on any atom is -0.398 e. The maximum atomic E-state index is 13.2. The molecule has 1 aromatic carbocycles. The second-order valence-corrected chi connectivity index (χ2v) is 7.56. The fraction of sp³-hybridized carbons (Fsp3) is 0.524. The zero-order valence-electron chi connectivity index (χ0n) is 17.4. The van der Waals surface area contributed by atoms with Gasteiger partial charge in [-0.1, -0.05) is 20.3 Å². The van der Waals surface area contributed by atoms with Crippen molar-refractivity contribution < 1.29 is 13.2 Å². The van der Waals surface area contributed by atoms with Gasteiger partial charge in [0.25, 0.3) is 0 Å². The van der Waals surface area contributed by atoms with Gasteiger partial charge in [-0.2, -0.15) is 18.2 Å². The second kappa shape index (κ2) is 9.51. The van der Waals surface area contributed by atoms with Crippen LogP contribution in [-0.4, -0.2) is 35.6 Å². The third-order valence-corrected chi connectivity index (χ3v) is 5.12. The van der Waals surface area contributed by atoms with Gasteiger partial charge in [0.05, 0.1) is 5.56 Å². The van der Waals surface area contributed by atoms with Gasteiger partial charge >= 0.3 is 6.18 Å². The molecule has 1 aliphatic heterocycles. The van der Waals surface area contributed by atoms with E-state index in [1.807, 2.05) is 6.07 Å². The summed E-state index contributed by atoms with van der Waals surface area (Å²) < 4.78 is 39.6. The molecule has 9 heteroatoms. The van der Waals surface area contributed by atoms with Gasteiger partial charge in [-0.25, -0.2) is 4.98 Å². The van der Waals surface area contributed by atoms with Crippen LogP contribution in [0.4, 0.5) is 36.3 Å². The van der Waals surface area contributed by atoms with E-state index in [9.17, 15) is 13.2 Å². The number of nitrogens with zero attached hydrogens (tertiary/aromatic N) is 3. The highest BCUT2D eigenvalue weighted by Crippen LogP contribution is 2.35. The number of piperidine rings is 1. The molecule has 0 spiro atoms. The number of hydrogen-bond acceptors (Lipinski definition) is 6. The van der Waals surface area contributed by atoms with Crippen molar-refractivity contribution in [2.24, 2.45) is 0 Å². The van der Waals surface area contributed by atoms with Crippen LogP contribution in [-0.2, 0) is 12.6 Å². The van der Waals surface area contributed by atoms with Crippen LogP contribution >= 0.6 is 0 Å². The van der Waals surface area contributed by atoms with Crippen molar-refractivity contribution in [3.8, 4) is 0 Å². The summed E-state index contributed by atoms with van der Waals surface area (Å²) in [5, 5.41) is 6.42. The van der Waals surface area contributed by atoms with Crippen LogP contribution in [0.1, 0.15) is 44.4 Å². The van der Waals surface area contributed by atoms with E-state index in [-0.39, 0.29) is 11.4 Å². The van der Waals surface area contributed by atoms with Crippen molar-refractivity contribution in [1.82, 2.24) is 15.3 Å². The Hall–Kier alpha value is -2.55. The molecule has 0 amide bonds. The molecule has 0 radical (unpaired) electrons. The van der Waals surface area contributed by atoms with Crippen molar-refractivity contribution in [3.63, 3.8) is 0 Å². The Morgan fingerprint density at radius 3 is 2.70 bits per heavy atom. The number of rotatable bonds is 7. The average molecular weight is 422 g/mol. The molecule has 6 nitrogen and oxygen atoms in total. The van der Waals surface area contributed by atoms with E-state index in [1.165, 1.54) is 12.1 Å². The average Bonchev–Trinajstić information content (AvgIpc) is 2.69. The van der Waals surface area contributed by atoms with Crippen molar-refractivity contribution in [1.29, 1.82) is 0 Å². The molecule has 30 heavy (non-hydrogen) atoms. The molecular formula is C21H29F3N6. The number of anilines is 4. The summed E-state index contributed by atoms with van der Waals surface area (Å²) in [4.78, 5) is 11.3. The lowest BCUT2D eigenvalue weighted by Gasteiger charge is -2.34. The number of benzene rings is 1. The quantitative estimate of drug-likeness (QED) is 0.576. The summed E-state index contributed by atoms with van der Waals surface area (Å²) in [7, 11) is 0. The number of nitrogens with one attached hydrogen (secondary N) is 2. The zero-order valence-corrected chi connectivity index (χ0v) is 17.4. The van der Waals surface area contributed by atoms with Gasteiger partial charge in [-0.3, -0.25) is 0 Å². The van der Waals surface area contributed by atoms with Crippen molar-refractivity contribution >= 4 is 23.1 Å². The Morgan fingerprint density at radius 1 is 1.20 bits per heavy atom. The Balaban J connectivity index is 1.88. The number of nitrogens with two attached hydrogens (primary N) is 1. The van der Waals surface area contributed by atoms with Crippen LogP contribution in [0.15, 0.2) is 24.3 Å². The first kappa shape index (κ1) is 22.1. The van der Waals surface area contributed by atoms with E-state index in [0.29, 0.717) is 12.0 Å². The van der Waals surface area contributed by atoms with Gasteiger partial charge in [0.1, 0.15) is 5.82 Å². The lowest BCUT2D eigenvalue weighted by molar-refractivity contribution is -0.136. The smallest absolute Gasteiger partial charge is 0.398 e. The molecule has 1 aliphatic rings. The predicted molar refractivity (Wildman–Crippen MR) is 114 cm³/mol. The van der Waals surface area contributed by atoms with Crippen LogP contribution in [0.3, 0.4) is 0 Å². The normalized spacial score (nSPS) is 17.2. The van der Waals surface area contributed by atoms with E-state index in [0.717, 1.165) is 62.9 Å². The number of aromatic nitrogens is 2. The minimum atomic E-state index is -4.52. The summed E-state index contributed by atoms with van der Waals surface area (Å²) in [6.07, 6.45) is -0.665. The largest absolute Gasteiger partial charge is 0.418 e. The Labute approximate surface area is 175 Å².